The van der Waals surface area contributed by atoms with Crippen molar-refractivity contribution in [2.24, 2.45) is 0 Å². The van der Waals surface area contributed by atoms with Crippen molar-refractivity contribution < 1.29 is 19.4 Å². The Kier molecular flexibility index (Phi) is 4.55. The summed E-state index contributed by atoms with van der Waals surface area (Å²) in [5.41, 5.74) is 3.41. The number of rotatable bonds is 5. The molecular weight excluding hydrogens is 330 g/mol. The Hall–Kier alpha value is -2.53. The maximum absolute atomic E-state index is 11.8. The minimum atomic E-state index is -0.751. The minimum Gasteiger partial charge on any atom is -0.480 e. The molecule has 2 aromatic rings. The van der Waals surface area contributed by atoms with Crippen LogP contribution in [-0.2, 0) is 11.2 Å². The summed E-state index contributed by atoms with van der Waals surface area (Å²) >= 11 is 0. The molecule has 2 unspecified atom stereocenters. The molecule has 0 saturated carbocycles. The third kappa shape index (κ3) is 3.03. The fraction of sp³-hybridized carbons (Fsp3) is 0.381. The number of aryl methyl sites for hydroxylation is 1. The van der Waals surface area contributed by atoms with Gasteiger partial charge >= 0.3 is 5.97 Å². The molecule has 2 heterocycles. The number of carboxylic acids is 1. The lowest BCUT2D eigenvalue weighted by atomic mass is 9.94. The highest BCUT2D eigenvalue weighted by Crippen LogP contribution is 2.40. The zero-order valence-electron chi connectivity index (χ0n) is 14.9. The van der Waals surface area contributed by atoms with E-state index in [1.165, 1.54) is 5.56 Å². The summed E-state index contributed by atoms with van der Waals surface area (Å²) in [6.07, 6.45) is 2.56. The van der Waals surface area contributed by atoms with E-state index in [-0.39, 0.29) is 12.8 Å². The summed E-state index contributed by atoms with van der Waals surface area (Å²) in [5.74, 6) is 0.715. The standard InChI is InChI=1S/C21H23NO4/c1-2-14-5-7-15(8-6-14)20(22-11-3-4-17(22)21(23)24)16-9-10-18-19(12-16)26-13-25-18/h5-10,12,17,20H,2-4,11,13H2,1H3,(H,23,24). The van der Waals surface area contributed by atoms with Crippen LogP contribution in [-0.4, -0.2) is 35.4 Å². The van der Waals surface area contributed by atoms with Crippen LogP contribution in [0.15, 0.2) is 42.5 Å². The topological polar surface area (TPSA) is 59.0 Å². The van der Waals surface area contributed by atoms with Crippen LogP contribution in [0, 0.1) is 0 Å². The highest BCUT2D eigenvalue weighted by molar-refractivity contribution is 5.74. The number of benzene rings is 2. The second-order valence-corrected chi connectivity index (χ2v) is 6.84. The van der Waals surface area contributed by atoms with Crippen LogP contribution in [0.3, 0.4) is 0 Å². The predicted molar refractivity (Wildman–Crippen MR) is 97.6 cm³/mol. The van der Waals surface area contributed by atoms with Crippen LogP contribution in [0.2, 0.25) is 0 Å². The number of ether oxygens (including phenoxy) is 2. The largest absolute Gasteiger partial charge is 0.480 e. The van der Waals surface area contributed by atoms with Gasteiger partial charge in [-0.1, -0.05) is 37.3 Å². The van der Waals surface area contributed by atoms with E-state index in [0.29, 0.717) is 6.42 Å². The van der Waals surface area contributed by atoms with Gasteiger partial charge in [-0.05, 0) is 48.1 Å². The number of hydrogen-bond acceptors (Lipinski definition) is 4. The van der Waals surface area contributed by atoms with Gasteiger partial charge in [0.1, 0.15) is 6.04 Å². The molecule has 2 aliphatic rings. The molecule has 136 valence electrons. The summed E-state index contributed by atoms with van der Waals surface area (Å²) in [6, 6.07) is 13.8. The summed E-state index contributed by atoms with van der Waals surface area (Å²) in [6.45, 7) is 3.13. The van der Waals surface area contributed by atoms with E-state index in [2.05, 4.69) is 36.1 Å². The van der Waals surface area contributed by atoms with Crippen molar-refractivity contribution in [2.75, 3.05) is 13.3 Å². The van der Waals surface area contributed by atoms with Crippen LogP contribution >= 0.6 is 0 Å². The molecule has 2 aliphatic heterocycles. The lowest BCUT2D eigenvalue weighted by Crippen LogP contribution is -2.39. The molecule has 1 N–H and O–H groups in total. The maximum atomic E-state index is 11.8. The Labute approximate surface area is 153 Å². The van der Waals surface area contributed by atoms with Crippen molar-refractivity contribution in [1.82, 2.24) is 4.90 Å². The summed E-state index contributed by atoms with van der Waals surface area (Å²) < 4.78 is 11.0. The van der Waals surface area contributed by atoms with Gasteiger partial charge in [0.2, 0.25) is 6.79 Å². The Bertz CT molecular complexity index is 802. The Morgan fingerprint density at radius 2 is 1.88 bits per heavy atom. The molecule has 4 rings (SSSR count). The van der Waals surface area contributed by atoms with Crippen molar-refractivity contribution >= 4 is 5.97 Å². The maximum Gasteiger partial charge on any atom is 0.320 e. The summed E-state index contributed by atoms with van der Waals surface area (Å²) in [5, 5.41) is 9.68. The van der Waals surface area contributed by atoms with Crippen LogP contribution in [0.25, 0.3) is 0 Å². The average molecular weight is 353 g/mol. The van der Waals surface area contributed by atoms with Gasteiger partial charge in [0.05, 0.1) is 6.04 Å². The second-order valence-electron chi connectivity index (χ2n) is 6.84. The van der Waals surface area contributed by atoms with Crippen LogP contribution in [0.5, 0.6) is 11.5 Å². The quantitative estimate of drug-likeness (QED) is 0.890. The molecular formula is C21H23NO4. The third-order valence-corrected chi connectivity index (χ3v) is 5.33. The van der Waals surface area contributed by atoms with Crippen molar-refractivity contribution in [1.29, 1.82) is 0 Å². The van der Waals surface area contributed by atoms with E-state index >= 15 is 0 Å². The SMILES string of the molecule is CCc1ccc(C(c2ccc3c(c2)OCO3)N2CCCC2C(=O)O)cc1. The Balaban J connectivity index is 1.77. The molecule has 0 aromatic heterocycles. The number of carbonyl (C=O) groups is 1. The van der Waals surface area contributed by atoms with Crippen molar-refractivity contribution in [3.05, 3.63) is 59.2 Å². The smallest absolute Gasteiger partial charge is 0.320 e. The van der Waals surface area contributed by atoms with Crippen molar-refractivity contribution in [3.8, 4) is 11.5 Å². The molecule has 1 fully saturated rings. The van der Waals surface area contributed by atoms with E-state index in [1.807, 2.05) is 18.2 Å². The zero-order chi connectivity index (χ0) is 18.1. The fourth-order valence-electron chi connectivity index (χ4n) is 3.96. The molecule has 0 aliphatic carbocycles. The molecule has 0 amide bonds. The van der Waals surface area contributed by atoms with Crippen LogP contribution in [0.4, 0.5) is 0 Å². The van der Waals surface area contributed by atoms with Gasteiger partial charge < -0.3 is 14.6 Å². The molecule has 5 heteroatoms. The molecule has 1 saturated heterocycles. The molecule has 0 radical (unpaired) electrons. The predicted octanol–water partition coefficient (Wildman–Crippen LogP) is 3.62. The summed E-state index contributed by atoms with van der Waals surface area (Å²) in [4.78, 5) is 13.9. The first-order valence-corrected chi connectivity index (χ1v) is 9.14. The van der Waals surface area contributed by atoms with Gasteiger partial charge in [-0.25, -0.2) is 0 Å². The number of aliphatic carboxylic acids is 1. The molecule has 0 bridgehead atoms. The van der Waals surface area contributed by atoms with Gasteiger partial charge in [0.15, 0.2) is 11.5 Å². The average Bonchev–Trinajstić information content (AvgIpc) is 3.31. The van der Waals surface area contributed by atoms with E-state index in [0.717, 1.165) is 42.0 Å². The van der Waals surface area contributed by atoms with Crippen molar-refractivity contribution in [2.45, 2.75) is 38.3 Å². The lowest BCUT2D eigenvalue weighted by molar-refractivity contribution is -0.142. The van der Waals surface area contributed by atoms with Gasteiger partial charge in [-0.3, -0.25) is 9.69 Å². The number of carboxylic acid groups (broad SMARTS) is 1. The molecule has 2 aromatic carbocycles. The number of hydrogen-bond donors (Lipinski definition) is 1. The fourth-order valence-corrected chi connectivity index (χ4v) is 3.96. The van der Waals surface area contributed by atoms with Crippen LogP contribution in [0.1, 0.15) is 42.5 Å². The van der Waals surface area contributed by atoms with E-state index in [1.54, 1.807) is 0 Å². The molecule has 2 atom stereocenters. The summed E-state index contributed by atoms with van der Waals surface area (Å²) in [7, 11) is 0. The molecule has 0 spiro atoms. The Morgan fingerprint density at radius 3 is 2.62 bits per heavy atom. The van der Waals surface area contributed by atoms with Gasteiger partial charge in [0, 0.05) is 6.54 Å². The van der Waals surface area contributed by atoms with Gasteiger partial charge in [-0.2, -0.15) is 0 Å². The third-order valence-electron chi connectivity index (χ3n) is 5.33. The molecule has 26 heavy (non-hydrogen) atoms. The van der Waals surface area contributed by atoms with E-state index < -0.39 is 12.0 Å². The number of nitrogens with zero attached hydrogens (tertiary/aromatic N) is 1. The molecule has 5 nitrogen and oxygen atoms in total. The van der Waals surface area contributed by atoms with Gasteiger partial charge in [0.25, 0.3) is 0 Å². The first kappa shape index (κ1) is 16.9. The van der Waals surface area contributed by atoms with Gasteiger partial charge in [-0.15, -0.1) is 0 Å². The zero-order valence-corrected chi connectivity index (χ0v) is 14.9. The van der Waals surface area contributed by atoms with Crippen LogP contribution < -0.4 is 9.47 Å². The highest BCUT2D eigenvalue weighted by Gasteiger charge is 2.37. The van der Waals surface area contributed by atoms with E-state index in [9.17, 15) is 9.90 Å². The number of likely N-dealkylation sites (tertiary alicyclic amines) is 1. The normalized spacial score (nSPS) is 20.3. The lowest BCUT2D eigenvalue weighted by Gasteiger charge is -2.32. The monoisotopic (exact) mass is 353 g/mol. The first-order valence-electron chi connectivity index (χ1n) is 9.14. The van der Waals surface area contributed by atoms with E-state index in [4.69, 9.17) is 9.47 Å². The second kappa shape index (κ2) is 7.00. The number of fused-ring (bicyclic) bond motifs is 1. The highest BCUT2D eigenvalue weighted by atomic mass is 16.7. The minimum absolute atomic E-state index is 0.112. The van der Waals surface area contributed by atoms with Crippen molar-refractivity contribution in [3.63, 3.8) is 0 Å². The first-order chi connectivity index (χ1) is 12.7. The Morgan fingerprint density at radius 1 is 1.15 bits per heavy atom.